The summed E-state index contributed by atoms with van der Waals surface area (Å²) in [5.74, 6) is 0.932. The van der Waals surface area contributed by atoms with Gasteiger partial charge < -0.3 is 0 Å². The van der Waals surface area contributed by atoms with Gasteiger partial charge >= 0.3 is 0 Å². The van der Waals surface area contributed by atoms with E-state index in [1.54, 1.807) is 0 Å². The molecule has 0 heterocycles. The van der Waals surface area contributed by atoms with Crippen molar-refractivity contribution >= 4 is 21.6 Å². The lowest BCUT2D eigenvalue weighted by Crippen LogP contribution is -2.31. The Morgan fingerprint density at radius 1 is 0.560 bits per heavy atom. The van der Waals surface area contributed by atoms with E-state index in [2.05, 4.69) is 36.9 Å². The number of hydrogen-bond donors (Lipinski definition) is 0. The Balaban J connectivity index is 0. The van der Waals surface area contributed by atoms with Crippen LogP contribution in [0.3, 0.4) is 0 Å². The van der Waals surface area contributed by atoms with Gasteiger partial charge in [-0.1, -0.05) is 111 Å². The lowest BCUT2D eigenvalue weighted by Gasteiger charge is -2.38. The highest BCUT2D eigenvalue weighted by Crippen LogP contribution is 2.42. The van der Waals surface area contributed by atoms with Crippen LogP contribution in [0.5, 0.6) is 0 Å². The van der Waals surface area contributed by atoms with Crippen LogP contribution in [0.2, 0.25) is 0 Å². The number of halogens is 1. The van der Waals surface area contributed by atoms with Crippen molar-refractivity contribution in [1.82, 2.24) is 0 Å². The van der Waals surface area contributed by atoms with Crippen LogP contribution in [0.15, 0.2) is 0 Å². The van der Waals surface area contributed by atoms with Gasteiger partial charge in [0.05, 0.1) is 0 Å². The van der Waals surface area contributed by atoms with Gasteiger partial charge in [0.1, 0.15) is 0 Å². The van der Waals surface area contributed by atoms with Crippen molar-refractivity contribution < 1.29 is 0 Å². The SMILES string of the molecule is CCCCCCCCCCCCC(CCC)C(P)(CCC)CCC.Cl. The van der Waals surface area contributed by atoms with Gasteiger partial charge in [0, 0.05) is 0 Å². The lowest BCUT2D eigenvalue weighted by atomic mass is 9.78. The molecule has 0 radical (unpaired) electrons. The molecule has 2 heteroatoms. The van der Waals surface area contributed by atoms with Crippen LogP contribution in [0.25, 0.3) is 0 Å². The number of rotatable bonds is 18. The van der Waals surface area contributed by atoms with Crippen LogP contribution >= 0.6 is 21.6 Å². The first-order valence-corrected chi connectivity index (χ1v) is 12.0. The fourth-order valence-electron chi connectivity index (χ4n) is 4.41. The second-order valence-corrected chi connectivity index (χ2v) is 9.34. The molecule has 0 bridgehead atoms. The lowest BCUT2D eigenvalue weighted by molar-refractivity contribution is 0.284. The molecule has 0 aromatic rings. The zero-order valence-corrected chi connectivity index (χ0v) is 20.1. The molecule has 0 saturated carbocycles. The summed E-state index contributed by atoms with van der Waals surface area (Å²) in [5.41, 5.74) is 0. The Bertz CT molecular complexity index is 248. The first-order valence-electron chi connectivity index (χ1n) is 11.4. The summed E-state index contributed by atoms with van der Waals surface area (Å²) in [6.07, 6.45) is 24.3. The Kier molecular flexibility index (Phi) is 21.8. The van der Waals surface area contributed by atoms with E-state index in [1.165, 1.54) is 109 Å². The maximum atomic E-state index is 3.31. The molecule has 0 aliphatic carbocycles. The molecule has 0 fully saturated rings. The van der Waals surface area contributed by atoms with E-state index in [-0.39, 0.29) is 12.4 Å². The van der Waals surface area contributed by atoms with Crippen molar-refractivity contribution in [3.05, 3.63) is 0 Å². The Hall–Kier alpha value is 0.720. The zero-order valence-electron chi connectivity index (χ0n) is 18.1. The average molecular weight is 393 g/mol. The van der Waals surface area contributed by atoms with Gasteiger partial charge in [-0.3, -0.25) is 0 Å². The van der Waals surface area contributed by atoms with Crippen molar-refractivity contribution in [2.24, 2.45) is 5.92 Å². The van der Waals surface area contributed by atoms with Crippen molar-refractivity contribution in [3.63, 3.8) is 0 Å². The normalized spacial score (nSPS) is 12.8. The van der Waals surface area contributed by atoms with Gasteiger partial charge in [0.25, 0.3) is 0 Å². The van der Waals surface area contributed by atoms with Gasteiger partial charge in [0.2, 0.25) is 0 Å². The summed E-state index contributed by atoms with van der Waals surface area (Å²) in [6.45, 7) is 9.39. The minimum atomic E-state index is 0. The highest BCUT2D eigenvalue weighted by atomic mass is 35.5. The van der Waals surface area contributed by atoms with E-state index >= 15 is 0 Å². The molecule has 0 amide bonds. The predicted octanol–water partition coefficient (Wildman–Crippen LogP) is 9.35. The van der Waals surface area contributed by atoms with Gasteiger partial charge in [-0.25, -0.2) is 0 Å². The fraction of sp³-hybridized carbons (Fsp3) is 1.00. The van der Waals surface area contributed by atoms with Crippen molar-refractivity contribution in [2.75, 3.05) is 0 Å². The zero-order chi connectivity index (χ0) is 18.1. The Morgan fingerprint density at radius 2 is 1.00 bits per heavy atom. The van der Waals surface area contributed by atoms with Crippen LogP contribution < -0.4 is 0 Å². The van der Waals surface area contributed by atoms with E-state index in [0.29, 0.717) is 5.16 Å². The van der Waals surface area contributed by atoms with E-state index in [9.17, 15) is 0 Å². The molecule has 154 valence electrons. The molecule has 0 aliphatic heterocycles. The summed E-state index contributed by atoms with van der Waals surface area (Å²) in [4.78, 5) is 0. The van der Waals surface area contributed by atoms with E-state index in [4.69, 9.17) is 0 Å². The molecule has 0 aromatic carbocycles. The minimum absolute atomic E-state index is 0. The third kappa shape index (κ3) is 14.4. The van der Waals surface area contributed by atoms with Crippen molar-refractivity contribution in [1.29, 1.82) is 0 Å². The molecule has 0 spiro atoms. The first-order chi connectivity index (χ1) is 11.6. The molecule has 0 nitrogen and oxygen atoms in total. The maximum Gasteiger partial charge on any atom is -0.0122 e. The third-order valence-corrected chi connectivity index (χ3v) is 6.84. The molecule has 0 aromatic heterocycles. The Labute approximate surface area is 169 Å². The van der Waals surface area contributed by atoms with Crippen LogP contribution in [0.1, 0.15) is 137 Å². The number of hydrogen-bond acceptors (Lipinski definition) is 0. The van der Waals surface area contributed by atoms with Gasteiger partial charge in [-0.2, -0.15) is 0 Å². The molecule has 0 aliphatic rings. The fourth-order valence-corrected chi connectivity index (χ4v) is 5.32. The van der Waals surface area contributed by atoms with Crippen molar-refractivity contribution in [3.8, 4) is 0 Å². The van der Waals surface area contributed by atoms with Gasteiger partial charge in [-0.05, 0) is 36.8 Å². The highest BCUT2D eigenvalue weighted by Gasteiger charge is 2.31. The molecule has 25 heavy (non-hydrogen) atoms. The number of unbranched alkanes of at least 4 members (excludes halogenated alkanes) is 9. The second-order valence-electron chi connectivity index (χ2n) is 8.19. The summed E-state index contributed by atoms with van der Waals surface area (Å²) in [6, 6.07) is 0. The minimum Gasteiger partial charge on any atom is -0.147 e. The quantitative estimate of drug-likeness (QED) is 0.161. The second kappa shape index (κ2) is 19.5. The Morgan fingerprint density at radius 3 is 1.40 bits per heavy atom. The van der Waals surface area contributed by atoms with E-state index in [0.717, 1.165) is 5.92 Å². The van der Waals surface area contributed by atoms with Gasteiger partial charge in [0.15, 0.2) is 0 Å². The topological polar surface area (TPSA) is 0 Å². The molecule has 0 N–H and O–H groups in total. The average Bonchev–Trinajstić information content (AvgIpc) is 2.56. The molecule has 2 atom stereocenters. The smallest absolute Gasteiger partial charge is 0.0122 e. The molecule has 0 rings (SSSR count). The summed E-state index contributed by atoms with van der Waals surface area (Å²) in [7, 11) is 3.31. The summed E-state index contributed by atoms with van der Waals surface area (Å²) < 4.78 is 0. The third-order valence-electron chi connectivity index (χ3n) is 5.79. The summed E-state index contributed by atoms with van der Waals surface area (Å²) >= 11 is 0. The van der Waals surface area contributed by atoms with Crippen LogP contribution in [-0.4, -0.2) is 5.16 Å². The highest BCUT2D eigenvalue weighted by molar-refractivity contribution is 7.19. The predicted molar refractivity (Wildman–Crippen MR) is 124 cm³/mol. The monoisotopic (exact) mass is 392 g/mol. The standard InChI is InChI=1S/C23H49P.ClH/c1-5-9-10-11-12-13-14-15-16-17-19-22(18-6-2)23(24,20-7-3)21-8-4;/h22H,5-21,24H2,1-4H3;1H. The molecule has 2 unspecified atom stereocenters. The maximum absolute atomic E-state index is 3.31. The first kappa shape index (κ1) is 27.9. The summed E-state index contributed by atoms with van der Waals surface area (Å²) in [5, 5.41) is 0.527. The van der Waals surface area contributed by atoms with Crippen LogP contribution in [0, 0.1) is 5.92 Å². The van der Waals surface area contributed by atoms with E-state index in [1.807, 2.05) is 0 Å². The largest absolute Gasteiger partial charge is 0.147 e. The van der Waals surface area contributed by atoms with Crippen LogP contribution in [0.4, 0.5) is 0 Å². The van der Waals surface area contributed by atoms with Gasteiger partial charge in [-0.15, -0.1) is 21.6 Å². The molecule has 0 saturated heterocycles. The molecular weight excluding hydrogens is 343 g/mol. The van der Waals surface area contributed by atoms with Crippen LogP contribution in [-0.2, 0) is 0 Å². The molecular formula is C23H50ClP. The van der Waals surface area contributed by atoms with E-state index < -0.39 is 0 Å². The van der Waals surface area contributed by atoms with Crippen molar-refractivity contribution in [2.45, 2.75) is 142 Å².